The Morgan fingerprint density at radius 1 is 1.12 bits per heavy atom. The molecule has 8 heteroatoms. The van der Waals surface area contributed by atoms with Gasteiger partial charge in [0.05, 0.1) is 24.2 Å². The van der Waals surface area contributed by atoms with Crippen molar-refractivity contribution in [3.63, 3.8) is 0 Å². The van der Waals surface area contributed by atoms with Crippen LogP contribution in [-0.2, 0) is 16.6 Å². The molecule has 1 aromatic heterocycles. The Morgan fingerprint density at radius 2 is 1.77 bits per heavy atom. The van der Waals surface area contributed by atoms with Gasteiger partial charge in [0.2, 0.25) is 15.9 Å². The molecule has 0 aliphatic rings. The largest absolute Gasteiger partial charge is 0.497 e. The summed E-state index contributed by atoms with van der Waals surface area (Å²) in [5, 5.41) is 0. The van der Waals surface area contributed by atoms with E-state index in [1.54, 1.807) is 38.3 Å². The maximum Gasteiger partial charge on any atom is 0.240 e. The highest BCUT2D eigenvalue weighted by Crippen LogP contribution is 2.24. The van der Waals surface area contributed by atoms with Gasteiger partial charge in [-0.15, -0.1) is 0 Å². The lowest BCUT2D eigenvalue weighted by Crippen LogP contribution is -2.23. The first-order chi connectivity index (χ1) is 12.4. The molecule has 0 aliphatic carbocycles. The van der Waals surface area contributed by atoms with Crippen LogP contribution < -0.4 is 9.46 Å². The summed E-state index contributed by atoms with van der Waals surface area (Å²) >= 11 is 0. The molecule has 3 aromatic rings. The molecule has 6 nitrogen and oxygen atoms in total. The summed E-state index contributed by atoms with van der Waals surface area (Å²) < 4.78 is 50.7. The van der Waals surface area contributed by atoms with E-state index in [1.165, 1.54) is 12.1 Å². The van der Waals surface area contributed by atoms with Crippen LogP contribution in [0, 0.1) is 12.7 Å². The van der Waals surface area contributed by atoms with Gasteiger partial charge in [-0.2, -0.15) is 0 Å². The average Bonchev–Trinajstić information content (AvgIpc) is 3.01. The van der Waals surface area contributed by atoms with Crippen molar-refractivity contribution < 1.29 is 22.0 Å². The number of sulfonamides is 1. The van der Waals surface area contributed by atoms with E-state index in [4.69, 9.17) is 9.15 Å². The Labute approximate surface area is 150 Å². The number of rotatable bonds is 6. The zero-order valence-electron chi connectivity index (χ0n) is 14.2. The van der Waals surface area contributed by atoms with E-state index in [-0.39, 0.29) is 11.4 Å². The molecule has 2 aromatic carbocycles. The van der Waals surface area contributed by atoms with Crippen molar-refractivity contribution in [1.29, 1.82) is 0 Å². The normalized spacial score (nSPS) is 11.5. The average molecular weight is 376 g/mol. The number of benzene rings is 2. The fourth-order valence-electron chi connectivity index (χ4n) is 2.31. The van der Waals surface area contributed by atoms with Gasteiger partial charge in [0.15, 0.2) is 0 Å². The molecule has 1 N–H and O–H groups in total. The molecule has 0 unspecified atom stereocenters. The Morgan fingerprint density at radius 3 is 2.38 bits per heavy atom. The lowest BCUT2D eigenvalue weighted by Gasteiger charge is -2.05. The number of hydrogen-bond donors (Lipinski definition) is 1. The fraction of sp³-hybridized carbons (Fsp3) is 0.167. The Kier molecular flexibility index (Phi) is 5.06. The van der Waals surface area contributed by atoms with Crippen LogP contribution in [0.15, 0.2) is 57.8 Å². The molecule has 0 amide bonds. The monoisotopic (exact) mass is 376 g/mol. The summed E-state index contributed by atoms with van der Waals surface area (Å²) in [6, 6.07) is 11.8. The fourth-order valence-corrected chi connectivity index (χ4v) is 3.30. The van der Waals surface area contributed by atoms with Crippen LogP contribution in [0.4, 0.5) is 4.39 Å². The van der Waals surface area contributed by atoms with Gasteiger partial charge in [0, 0.05) is 5.56 Å². The summed E-state index contributed by atoms with van der Waals surface area (Å²) in [6.07, 6.45) is 0. The lowest BCUT2D eigenvalue weighted by molar-refractivity contribution is 0.415. The first kappa shape index (κ1) is 18.1. The summed E-state index contributed by atoms with van der Waals surface area (Å²) in [4.78, 5) is 4.33. The van der Waals surface area contributed by atoms with E-state index < -0.39 is 15.8 Å². The lowest BCUT2D eigenvalue weighted by atomic mass is 10.2. The molecule has 0 bridgehead atoms. The van der Waals surface area contributed by atoms with Crippen molar-refractivity contribution in [3.8, 4) is 17.2 Å². The standard InChI is InChI=1S/C18H17FN2O4S/c1-12-17(11-20-26(22,23)16-9-5-14(19)6-10-16)21-18(25-12)13-3-7-15(24-2)8-4-13/h3-10,20H,11H2,1-2H3. The third-order valence-electron chi connectivity index (χ3n) is 3.78. The Balaban J connectivity index is 1.76. The number of aryl methyl sites for hydroxylation is 1. The number of ether oxygens (including phenoxy) is 1. The van der Waals surface area contributed by atoms with Gasteiger partial charge in [-0.25, -0.2) is 22.5 Å². The third kappa shape index (κ3) is 3.92. The van der Waals surface area contributed by atoms with Gasteiger partial charge in [-0.05, 0) is 55.5 Å². The van der Waals surface area contributed by atoms with E-state index >= 15 is 0 Å². The minimum atomic E-state index is -3.77. The molecular weight excluding hydrogens is 359 g/mol. The van der Waals surface area contributed by atoms with Crippen molar-refractivity contribution in [2.75, 3.05) is 7.11 Å². The van der Waals surface area contributed by atoms with Crippen molar-refractivity contribution in [3.05, 3.63) is 65.8 Å². The highest BCUT2D eigenvalue weighted by Gasteiger charge is 2.17. The van der Waals surface area contributed by atoms with Crippen molar-refractivity contribution >= 4 is 10.0 Å². The second-order valence-electron chi connectivity index (χ2n) is 5.53. The maximum atomic E-state index is 12.9. The van der Waals surface area contributed by atoms with E-state index in [0.29, 0.717) is 23.1 Å². The molecule has 0 saturated carbocycles. The quantitative estimate of drug-likeness (QED) is 0.714. The molecule has 0 saturated heterocycles. The molecule has 26 heavy (non-hydrogen) atoms. The number of oxazole rings is 1. The summed E-state index contributed by atoms with van der Waals surface area (Å²) in [5.41, 5.74) is 1.23. The van der Waals surface area contributed by atoms with Crippen LogP contribution in [0.1, 0.15) is 11.5 Å². The molecule has 0 spiro atoms. The smallest absolute Gasteiger partial charge is 0.240 e. The highest BCUT2D eigenvalue weighted by atomic mass is 32.2. The molecule has 0 radical (unpaired) electrons. The van der Waals surface area contributed by atoms with E-state index in [1.807, 2.05) is 0 Å². The predicted octanol–water partition coefficient (Wildman–Crippen LogP) is 3.28. The predicted molar refractivity (Wildman–Crippen MR) is 93.7 cm³/mol. The van der Waals surface area contributed by atoms with Crippen LogP contribution >= 0.6 is 0 Å². The molecular formula is C18H17FN2O4S. The number of aromatic nitrogens is 1. The van der Waals surface area contributed by atoms with Crippen LogP contribution in [0.25, 0.3) is 11.5 Å². The maximum absolute atomic E-state index is 12.9. The minimum absolute atomic E-state index is 0.0181. The summed E-state index contributed by atoms with van der Waals surface area (Å²) in [5.74, 6) is 1.11. The number of hydrogen-bond acceptors (Lipinski definition) is 5. The Bertz CT molecular complexity index is 997. The van der Waals surface area contributed by atoms with E-state index in [0.717, 1.165) is 17.7 Å². The molecule has 3 rings (SSSR count). The summed E-state index contributed by atoms with van der Waals surface area (Å²) in [7, 11) is -2.19. The van der Waals surface area contributed by atoms with Gasteiger partial charge in [-0.3, -0.25) is 0 Å². The summed E-state index contributed by atoms with van der Waals surface area (Å²) in [6.45, 7) is 1.67. The zero-order valence-corrected chi connectivity index (χ0v) is 15.0. The third-order valence-corrected chi connectivity index (χ3v) is 5.20. The van der Waals surface area contributed by atoms with E-state index in [9.17, 15) is 12.8 Å². The van der Waals surface area contributed by atoms with Gasteiger partial charge in [0.25, 0.3) is 0 Å². The van der Waals surface area contributed by atoms with Gasteiger partial charge in [-0.1, -0.05) is 0 Å². The number of methoxy groups -OCH3 is 1. The van der Waals surface area contributed by atoms with Gasteiger partial charge < -0.3 is 9.15 Å². The van der Waals surface area contributed by atoms with Crippen LogP contribution in [0.3, 0.4) is 0 Å². The minimum Gasteiger partial charge on any atom is -0.497 e. The Hall–Kier alpha value is -2.71. The number of nitrogens with one attached hydrogen (secondary N) is 1. The molecule has 136 valence electrons. The molecule has 0 fully saturated rings. The first-order valence-corrected chi connectivity index (χ1v) is 9.23. The molecule has 0 aliphatic heterocycles. The zero-order chi connectivity index (χ0) is 18.7. The first-order valence-electron chi connectivity index (χ1n) is 7.75. The molecule has 1 heterocycles. The van der Waals surface area contributed by atoms with E-state index in [2.05, 4.69) is 9.71 Å². The van der Waals surface area contributed by atoms with Gasteiger partial charge >= 0.3 is 0 Å². The second kappa shape index (κ2) is 7.27. The second-order valence-corrected chi connectivity index (χ2v) is 7.30. The number of halogens is 1. The molecule has 0 atom stereocenters. The topological polar surface area (TPSA) is 81.4 Å². The number of nitrogens with zero attached hydrogens (tertiary/aromatic N) is 1. The van der Waals surface area contributed by atoms with Crippen molar-refractivity contribution in [2.45, 2.75) is 18.4 Å². The SMILES string of the molecule is COc1ccc(-c2nc(CNS(=O)(=O)c3ccc(F)cc3)c(C)o2)cc1. The van der Waals surface area contributed by atoms with Crippen molar-refractivity contribution in [1.82, 2.24) is 9.71 Å². The van der Waals surface area contributed by atoms with Crippen LogP contribution in [0.5, 0.6) is 5.75 Å². The van der Waals surface area contributed by atoms with Crippen molar-refractivity contribution in [2.24, 2.45) is 0 Å². The van der Waals surface area contributed by atoms with Gasteiger partial charge in [0.1, 0.15) is 17.3 Å². The van der Waals surface area contributed by atoms with Crippen LogP contribution in [-0.4, -0.2) is 20.5 Å². The van der Waals surface area contributed by atoms with Crippen LogP contribution in [0.2, 0.25) is 0 Å². The highest BCUT2D eigenvalue weighted by molar-refractivity contribution is 7.89.